The number of nitrogens with one attached hydrogen (secondary N) is 1. The highest BCUT2D eigenvalue weighted by Gasteiger charge is 2.12. The molecule has 0 fully saturated rings. The molecular formula is C14H23NO2. The van der Waals surface area contributed by atoms with E-state index in [-0.39, 0.29) is 6.10 Å². The Labute approximate surface area is 104 Å². The van der Waals surface area contributed by atoms with Crippen LogP contribution < -0.4 is 14.8 Å². The average molecular weight is 237 g/mol. The fraction of sp³-hybridized carbons (Fsp3) is 0.571. The highest BCUT2D eigenvalue weighted by atomic mass is 16.5. The maximum atomic E-state index is 5.97. The SMILES string of the molecule is CCOc1cccc(CNC)c1OC(C)CC. The van der Waals surface area contributed by atoms with Crippen LogP contribution in [-0.4, -0.2) is 19.8 Å². The van der Waals surface area contributed by atoms with Crippen molar-refractivity contribution in [2.75, 3.05) is 13.7 Å². The first-order valence-corrected chi connectivity index (χ1v) is 6.28. The van der Waals surface area contributed by atoms with Crippen molar-refractivity contribution < 1.29 is 9.47 Å². The summed E-state index contributed by atoms with van der Waals surface area (Å²) in [6.45, 7) is 7.61. The van der Waals surface area contributed by atoms with Crippen LogP contribution in [0.3, 0.4) is 0 Å². The van der Waals surface area contributed by atoms with Crippen molar-refractivity contribution in [2.24, 2.45) is 0 Å². The second-order valence-corrected chi connectivity index (χ2v) is 4.04. The summed E-state index contributed by atoms with van der Waals surface area (Å²) < 4.78 is 11.6. The predicted molar refractivity (Wildman–Crippen MR) is 70.8 cm³/mol. The van der Waals surface area contributed by atoms with E-state index in [1.165, 1.54) is 0 Å². The van der Waals surface area contributed by atoms with E-state index in [4.69, 9.17) is 9.47 Å². The van der Waals surface area contributed by atoms with Gasteiger partial charge in [-0.3, -0.25) is 0 Å². The van der Waals surface area contributed by atoms with E-state index in [0.29, 0.717) is 6.61 Å². The lowest BCUT2D eigenvalue weighted by Crippen LogP contribution is -2.14. The molecule has 0 aliphatic carbocycles. The first kappa shape index (κ1) is 13.8. The molecule has 1 aromatic rings. The van der Waals surface area contributed by atoms with Crippen LogP contribution in [0.15, 0.2) is 18.2 Å². The summed E-state index contributed by atoms with van der Waals surface area (Å²) in [5.74, 6) is 1.71. The summed E-state index contributed by atoms with van der Waals surface area (Å²) in [6.07, 6.45) is 1.19. The highest BCUT2D eigenvalue weighted by molar-refractivity contribution is 5.46. The Morgan fingerprint density at radius 1 is 1.29 bits per heavy atom. The molecule has 3 nitrogen and oxygen atoms in total. The van der Waals surface area contributed by atoms with Crippen molar-refractivity contribution in [1.29, 1.82) is 0 Å². The molecule has 1 N–H and O–H groups in total. The fourth-order valence-corrected chi connectivity index (χ4v) is 1.58. The van der Waals surface area contributed by atoms with Gasteiger partial charge in [0.15, 0.2) is 11.5 Å². The molecule has 1 aromatic carbocycles. The molecule has 1 rings (SSSR count). The van der Waals surface area contributed by atoms with Crippen molar-refractivity contribution in [3.63, 3.8) is 0 Å². The Hall–Kier alpha value is -1.22. The monoisotopic (exact) mass is 237 g/mol. The van der Waals surface area contributed by atoms with Crippen LogP contribution >= 0.6 is 0 Å². The third kappa shape index (κ3) is 3.93. The number of hydrogen-bond acceptors (Lipinski definition) is 3. The minimum Gasteiger partial charge on any atom is -0.490 e. The van der Waals surface area contributed by atoms with E-state index in [9.17, 15) is 0 Å². The van der Waals surface area contributed by atoms with E-state index in [1.54, 1.807) is 0 Å². The Balaban J connectivity index is 2.99. The first-order chi connectivity index (χ1) is 8.22. The number of ether oxygens (including phenoxy) is 2. The Bertz CT molecular complexity index is 315. The summed E-state index contributed by atoms with van der Waals surface area (Å²) in [7, 11) is 1.93. The van der Waals surface area contributed by atoms with Gasteiger partial charge in [0.2, 0.25) is 0 Å². The van der Waals surface area contributed by atoms with Crippen LogP contribution in [0, 0.1) is 0 Å². The molecule has 0 amide bonds. The maximum Gasteiger partial charge on any atom is 0.166 e. The van der Waals surface area contributed by atoms with Crippen LogP contribution in [0.25, 0.3) is 0 Å². The zero-order valence-corrected chi connectivity index (χ0v) is 11.2. The topological polar surface area (TPSA) is 30.5 Å². The van der Waals surface area contributed by atoms with Crippen LogP contribution in [0.5, 0.6) is 11.5 Å². The molecule has 3 heteroatoms. The predicted octanol–water partition coefficient (Wildman–Crippen LogP) is 2.98. The summed E-state index contributed by atoms with van der Waals surface area (Å²) in [4.78, 5) is 0. The second kappa shape index (κ2) is 7.17. The highest BCUT2D eigenvalue weighted by Crippen LogP contribution is 2.32. The Morgan fingerprint density at radius 3 is 2.65 bits per heavy atom. The van der Waals surface area contributed by atoms with Crippen LogP contribution in [0.1, 0.15) is 32.8 Å². The molecular weight excluding hydrogens is 214 g/mol. The van der Waals surface area contributed by atoms with E-state index < -0.39 is 0 Å². The fourth-order valence-electron chi connectivity index (χ4n) is 1.58. The third-order valence-corrected chi connectivity index (χ3v) is 2.62. The summed E-state index contributed by atoms with van der Waals surface area (Å²) in [6, 6.07) is 6.03. The molecule has 0 aliphatic rings. The van der Waals surface area contributed by atoms with Gasteiger partial charge < -0.3 is 14.8 Å². The Morgan fingerprint density at radius 2 is 2.06 bits per heavy atom. The number of para-hydroxylation sites is 1. The normalized spacial score (nSPS) is 12.2. The number of benzene rings is 1. The van der Waals surface area contributed by atoms with Gasteiger partial charge in [-0.15, -0.1) is 0 Å². The van der Waals surface area contributed by atoms with Crippen LogP contribution in [-0.2, 0) is 6.54 Å². The van der Waals surface area contributed by atoms with Gasteiger partial charge >= 0.3 is 0 Å². The lowest BCUT2D eigenvalue weighted by Gasteiger charge is -2.19. The quantitative estimate of drug-likeness (QED) is 0.791. The zero-order chi connectivity index (χ0) is 12.7. The number of rotatable bonds is 7. The van der Waals surface area contributed by atoms with Gasteiger partial charge in [0.25, 0.3) is 0 Å². The van der Waals surface area contributed by atoms with Crippen molar-refractivity contribution in [3.8, 4) is 11.5 Å². The van der Waals surface area contributed by atoms with Gasteiger partial charge in [0, 0.05) is 12.1 Å². The van der Waals surface area contributed by atoms with Gasteiger partial charge in [0.1, 0.15) is 0 Å². The number of hydrogen-bond donors (Lipinski definition) is 1. The molecule has 1 atom stereocenters. The van der Waals surface area contributed by atoms with Crippen molar-refractivity contribution in [2.45, 2.75) is 39.8 Å². The van der Waals surface area contributed by atoms with Gasteiger partial charge in [-0.25, -0.2) is 0 Å². The molecule has 1 unspecified atom stereocenters. The lowest BCUT2D eigenvalue weighted by molar-refractivity contribution is 0.201. The maximum absolute atomic E-state index is 5.97. The van der Waals surface area contributed by atoms with E-state index >= 15 is 0 Å². The van der Waals surface area contributed by atoms with Gasteiger partial charge in [-0.1, -0.05) is 19.1 Å². The molecule has 0 aliphatic heterocycles. The minimum absolute atomic E-state index is 0.201. The van der Waals surface area contributed by atoms with E-state index in [2.05, 4.69) is 25.2 Å². The van der Waals surface area contributed by atoms with Crippen LogP contribution in [0.4, 0.5) is 0 Å². The molecule has 0 spiro atoms. The summed E-state index contributed by atoms with van der Waals surface area (Å²) in [5.41, 5.74) is 1.14. The Kier molecular flexibility index (Phi) is 5.84. The van der Waals surface area contributed by atoms with Crippen LogP contribution in [0.2, 0.25) is 0 Å². The summed E-state index contributed by atoms with van der Waals surface area (Å²) >= 11 is 0. The molecule has 96 valence electrons. The zero-order valence-electron chi connectivity index (χ0n) is 11.2. The lowest BCUT2D eigenvalue weighted by atomic mass is 10.1. The second-order valence-electron chi connectivity index (χ2n) is 4.04. The van der Waals surface area contributed by atoms with Crippen molar-refractivity contribution in [3.05, 3.63) is 23.8 Å². The van der Waals surface area contributed by atoms with E-state index in [1.807, 2.05) is 26.1 Å². The largest absolute Gasteiger partial charge is 0.490 e. The van der Waals surface area contributed by atoms with Gasteiger partial charge in [-0.05, 0) is 33.4 Å². The van der Waals surface area contributed by atoms with Crippen molar-refractivity contribution >= 4 is 0 Å². The molecule has 0 aromatic heterocycles. The molecule has 0 heterocycles. The standard InChI is InChI=1S/C14H23NO2/c1-5-11(3)17-14-12(10-15-4)8-7-9-13(14)16-6-2/h7-9,11,15H,5-6,10H2,1-4H3. The van der Waals surface area contributed by atoms with Gasteiger partial charge in [-0.2, -0.15) is 0 Å². The molecule has 0 saturated heterocycles. The van der Waals surface area contributed by atoms with Crippen molar-refractivity contribution in [1.82, 2.24) is 5.32 Å². The molecule has 0 bridgehead atoms. The van der Waals surface area contributed by atoms with E-state index in [0.717, 1.165) is 30.0 Å². The third-order valence-electron chi connectivity index (χ3n) is 2.62. The smallest absolute Gasteiger partial charge is 0.166 e. The molecule has 0 radical (unpaired) electrons. The summed E-state index contributed by atoms with van der Waals surface area (Å²) in [5, 5.41) is 3.15. The minimum atomic E-state index is 0.201. The molecule has 0 saturated carbocycles. The van der Waals surface area contributed by atoms with Gasteiger partial charge in [0.05, 0.1) is 12.7 Å². The molecule has 17 heavy (non-hydrogen) atoms. The average Bonchev–Trinajstić information content (AvgIpc) is 2.33. The first-order valence-electron chi connectivity index (χ1n) is 6.28.